The standard InChI is InChI=1S/2C19H41N3.H2O4S/c2*1-2-3-4-5-6-7-8-9-10-11-12-13-14-15-16-17-18-22-19(20)21;1-5(2,3)4/h2*2-18H2,1H3,(H4,20,21,22);(H2,1,2,3,4). The Morgan fingerprint density at radius 1 is 0.367 bits per heavy atom. The number of guanidine groups is 2. The van der Waals surface area contributed by atoms with Gasteiger partial charge in [-0.25, -0.2) is 0 Å². The predicted octanol–water partition coefficient (Wildman–Crippen LogP) is 10.4. The molecule has 0 bridgehead atoms. The van der Waals surface area contributed by atoms with Gasteiger partial charge in [0.1, 0.15) is 0 Å². The summed E-state index contributed by atoms with van der Waals surface area (Å²) in [7, 11) is -4.67. The van der Waals surface area contributed by atoms with Crippen molar-refractivity contribution in [1.29, 1.82) is 0 Å². The minimum absolute atomic E-state index is 0.223. The van der Waals surface area contributed by atoms with E-state index in [-0.39, 0.29) is 11.9 Å². The third-order valence-electron chi connectivity index (χ3n) is 8.61. The lowest BCUT2D eigenvalue weighted by molar-refractivity contribution is 0.381. The monoisotopic (exact) mass is 721 g/mol. The van der Waals surface area contributed by atoms with Crippen molar-refractivity contribution in [3.63, 3.8) is 0 Å². The molecule has 0 aromatic rings. The smallest absolute Gasteiger partial charge is 0.370 e. The minimum atomic E-state index is -4.67. The van der Waals surface area contributed by atoms with E-state index in [1.54, 1.807) is 0 Å². The molecule has 0 spiro atoms. The predicted molar refractivity (Wildman–Crippen MR) is 215 cm³/mol. The molecule has 11 heteroatoms. The van der Waals surface area contributed by atoms with E-state index in [2.05, 4.69) is 23.8 Å². The average molecular weight is 721 g/mol. The largest absolute Gasteiger partial charge is 0.394 e. The van der Waals surface area contributed by atoms with Crippen LogP contribution in [0.5, 0.6) is 0 Å². The van der Waals surface area contributed by atoms with Gasteiger partial charge in [0.15, 0.2) is 11.9 Å². The summed E-state index contributed by atoms with van der Waals surface area (Å²) in [6.45, 7) is 6.15. The molecule has 0 saturated carbocycles. The van der Waals surface area contributed by atoms with E-state index in [1.807, 2.05) is 0 Å². The molecule has 0 amide bonds. The summed E-state index contributed by atoms with van der Waals surface area (Å²) < 4.78 is 31.6. The van der Waals surface area contributed by atoms with Crippen LogP contribution in [0.1, 0.15) is 219 Å². The number of hydrogen-bond donors (Lipinski definition) is 6. The maximum atomic E-state index is 8.74. The first-order valence-corrected chi connectivity index (χ1v) is 21.7. The van der Waals surface area contributed by atoms with Crippen LogP contribution < -0.4 is 22.9 Å². The van der Waals surface area contributed by atoms with Crippen molar-refractivity contribution in [2.45, 2.75) is 219 Å². The highest BCUT2D eigenvalue weighted by Crippen LogP contribution is 2.15. The van der Waals surface area contributed by atoms with Crippen LogP contribution in [0.15, 0.2) is 9.98 Å². The molecule has 0 rings (SSSR count). The van der Waals surface area contributed by atoms with Crippen molar-refractivity contribution in [2.75, 3.05) is 13.1 Å². The maximum absolute atomic E-state index is 8.74. The molecule has 0 atom stereocenters. The van der Waals surface area contributed by atoms with Crippen molar-refractivity contribution in [3.05, 3.63) is 0 Å². The minimum Gasteiger partial charge on any atom is -0.370 e. The molecule has 0 saturated heterocycles. The summed E-state index contributed by atoms with van der Waals surface area (Å²) in [6.07, 6.45) is 44.6. The van der Waals surface area contributed by atoms with Crippen molar-refractivity contribution < 1.29 is 17.5 Å². The highest BCUT2D eigenvalue weighted by atomic mass is 32.3. The van der Waals surface area contributed by atoms with Gasteiger partial charge in [-0.3, -0.25) is 19.1 Å². The van der Waals surface area contributed by atoms with Crippen molar-refractivity contribution in [1.82, 2.24) is 0 Å². The number of aliphatic imine (C=N–C) groups is 2. The van der Waals surface area contributed by atoms with Gasteiger partial charge in [-0.15, -0.1) is 0 Å². The van der Waals surface area contributed by atoms with Gasteiger partial charge in [-0.1, -0.05) is 206 Å². The van der Waals surface area contributed by atoms with Crippen LogP contribution in [0.4, 0.5) is 0 Å². The Morgan fingerprint density at radius 3 is 0.653 bits per heavy atom. The van der Waals surface area contributed by atoms with Crippen LogP contribution >= 0.6 is 0 Å². The summed E-state index contributed by atoms with van der Waals surface area (Å²) in [4.78, 5) is 8.00. The molecule has 10 N–H and O–H groups in total. The van der Waals surface area contributed by atoms with E-state index in [0.717, 1.165) is 25.9 Å². The zero-order valence-electron chi connectivity index (χ0n) is 32.4. The van der Waals surface area contributed by atoms with Crippen molar-refractivity contribution >= 4 is 22.3 Å². The fourth-order valence-corrected chi connectivity index (χ4v) is 5.74. The Balaban J connectivity index is -0.000000757. The molecule has 0 aliphatic heterocycles. The van der Waals surface area contributed by atoms with E-state index >= 15 is 0 Å². The topological polar surface area (TPSA) is 203 Å². The highest BCUT2D eigenvalue weighted by molar-refractivity contribution is 7.79. The van der Waals surface area contributed by atoms with E-state index in [9.17, 15) is 0 Å². The normalized spacial score (nSPS) is 10.9. The highest BCUT2D eigenvalue weighted by Gasteiger charge is 1.96. The molecule has 0 radical (unpaired) electrons. The van der Waals surface area contributed by atoms with Crippen LogP contribution in [-0.2, 0) is 10.4 Å². The average Bonchev–Trinajstić information content (AvgIpc) is 3.03. The second-order valence-corrected chi connectivity index (χ2v) is 14.6. The molecule has 0 heterocycles. The number of nitrogens with two attached hydrogens (primary N) is 4. The first-order chi connectivity index (χ1) is 23.5. The molecule has 49 heavy (non-hydrogen) atoms. The fourth-order valence-electron chi connectivity index (χ4n) is 5.74. The summed E-state index contributed by atoms with van der Waals surface area (Å²) in [5.41, 5.74) is 21.1. The Morgan fingerprint density at radius 2 is 0.510 bits per heavy atom. The first-order valence-electron chi connectivity index (χ1n) is 20.3. The quantitative estimate of drug-likeness (QED) is 0.0163. The summed E-state index contributed by atoms with van der Waals surface area (Å²) in [5.74, 6) is 0.446. The van der Waals surface area contributed by atoms with Crippen LogP contribution in [0.2, 0.25) is 0 Å². The molecular formula is C38H84N6O4S. The number of rotatable bonds is 34. The maximum Gasteiger partial charge on any atom is 0.394 e. The Labute approximate surface area is 304 Å². The molecular weight excluding hydrogens is 637 g/mol. The lowest BCUT2D eigenvalue weighted by atomic mass is 10.0. The molecule has 10 nitrogen and oxygen atoms in total. The van der Waals surface area contributed by atoms with E-state index in [1.165, 1.54) is 193 Å². The molecule has 0 aliphatic carbocycles. The van der Waals surface area contributed by atoms with Gasteiger partial charge in [0.05, 0.1) is 0 Å². The van der Waals surface area contributed by atoms with Gasteiger partial charge in [-0.05, 0) is 12.8 Å². The van der Waals surface area contributed by atoms with Crippen LogP contribution in [0.25, 0.3) is 0 Å². The Bertz CT molecular complexity index is 731. The lowest BCUT2D eigenvalue weighted by Crippen LogP contribution is -2.22. The van der Waals surface area contributed by atoms with Crippen LogP contribution in [0.3, 0.4) is 0 Å². The second-order valence-electron chi connectivity index (χ2n) is 13.7. The van der Waals surface area contributed by atoms with Gasteiger partial charge >= 0.3 is 10.4 Å². The number of unbranched alkanes of at least 4 members (excludes halogenated alkanes) is 30. The van der Waals surface area contributed by atoms with Crippen LogP contribution in [-0.4, -0.2) is 42.5 Å². The van der Waals surface area contributed by atoms with Gasteiger partial charge in [-0.2, -0.15) is 8.42 Å². The summed E-state index contributed by atoms with van der Waals surface area (Å²) in [6, 6.07) is 0. The number of hydrogen-bond acceptors (Lipinski definition) is 4. The zero-order valence-corrected chi connectivity index (χ0v) is 33.2. The van der Waals surface area contributed by atoms with E-state index in [4.69, 9.17) is 40.5 Å². The van der Waals surface area contributed by atoms with Crippen molar-refractivity contribution in [3.8, 4) is 0 Å². The third-order valence-corrected chi connectivity index (χ3v) is 8.61. The van der Waals surface area contributed by atoms with Gasteiger partial charge in [0.25, 0.3) is 0 Å². The number of nitrogens with zero attached hydrogens (tertiary/aromatic N) is 2. The summed E-state index contributed by atoms with van der Waals surface area (Å²) in [5, 5.41) is 0. The first kappa shape index (κ1) is 51.8. The van der Waals surface area contributed by atoms with Crippen LogP contribution in [0, 0.1) is 0 Å². The second kappa shape index (κ2) is 44.4. The fraction of sp³-hybridized carbons (Fsp3) is 0.947. The van der Waals surface area contributed by atoms with Crippen molar-refractivity contribution in [2.24, 2.45) is 32.9 Å². The lowest BCUT2D eigenvalue weighted by Gasteiger charge is -2.03. The Kier molecular flexibility index (Phi) is 46.9. The van der Waals surface area contributed by atoms with E-state index in [0.29, 0.717) is 0 Å². The molecule has 0 unspecified atom stereocenters. The molecule has 0 aliphatic rings. The van der Waals surface area contributed by atoms with Gasteiger partial charge in [0.2, 0.25) is 0 Å². The molecule has 0 aromatic heterocycles. The molecule has 296 valence electrons. The summed E-state index contributed by atoms with van der Waals surface area (Å²) >= 11 is 0. The molecule has 0 aromatic carbocycles. The zero-order chi connectivity index (χ0) is 37.1. The molecule has 0 fully saturated rings. The Hall–Kier alpha value is -1.59. The van der Waals surface area contributed by atoms with Gasteiger partial charge < -0.3 is 22.9 Å². The SMILES string of the molecule is CCCCCCCCCCCCCCCCCCN=C(N)N.CCCCCCCCCCCCCCCCCCN=C(N)N.O=S(=O)(O)O. The third kappa shape index (κ3) is 69.0. The van der Waals surface area contributed by atoms with E-state index < -0.39 is 10.4 Å². The van der Waals surface area contributed by atoms with Gasteiger partial charge in [0, 0.05) is 13.1 Å².